The van der Waals surface area contributed by atoms with Gasteiger partial charge in [0.15, 0.2) is 23.0 Å². The first-order chi connectivity index (χ1) is 22.5. The fraction of sp³-hybridized carbons (Fsp3) is 0.222. The Morgan fingerprint density at radius 1 is 1.30 bits per heavy atom. The zero-order valence-corrected chi connectivity index (χ0v) is 27.6. The number of hydrogen-bond acceptors (Lipinski definition) is 11. The monoisotopic (exact) mass is 716 g/mol. The number of imidazole rings is 1. The summed E-state index contributed by atoms with van der Waals surface area (Å²) >= 11 is 9.66. The maximum Gasteiger partial charge on any atom is 0.352 e. The minimum absolute atomic E-state index is 0.00507. The normalized spacial score (nSPS) is 17.8. The molecule has 2 amide bonds. The molecule has 16 nitrogen and oxygen atoms in total. The standard InChI is InChI=1S/C27H26ClN11O5S3/c1-44-34-18(17-21(28)46-27(31)33-17)22(40)32-19-23(41)39-20(25(42)43)14(12-45-24(19)39)11-37-6-5-16-36(7-8-38(16)37)10-13-3-2-4-15(9-13)47-35-26(29)30/h2-9,19,24H,10-12H2,1H3,(H7-,29,30,31,32,33,35,40,42,43)/p+1/b34-18-/t19-,24-/m1/s1. The van der Waals surface area contributed by atoms with Crippen LogP contribution in [0.25, 0.3) is 5.65 Å². The van der Waals surface area contributed by atoms with Crippen molar-refractivity contribution < 1.29 is 28.9 Å². The number of nitrogen functional groups attached to an aromatic ring is 1. The number of nitrogens with one attached hydrogen (secondary N) is 1. The number of oxime groups is 1. The highest BCUT2D eigenvalue weighted by Gasteiger charge is 2.54. The van der Waals surface area contributed by atoms with E-state index in [4.69, 9.17) is 33.6 Å². The van der Waals surface area contributed by atoms with Crippen LogP contribution in [0.4, 0.5) is 5.13 Å². The van der Waals surface area contributed by atoms with Gasteiger partial charge in [0.2, 0.25) is 0 Å². The molecular formula is C27H27ClN11O5S3+. The van der Waals surface area contributed by atoms with E-state index in [2.05, 4.69) is 24.4 Å². The van der Waals surface area contributed by atoms with Gasteiger partial charge < -0.3 is 32.5 Å². The minimum atomic E-state index is -1.24. The molecule has 4 aromatic rings. The SMILES string of the molecule is CO/N=C(\C(=O)N[C@@H]1C(=O)N2C(C(=O)O)=C(Cn3ccc4n3cc[n+]4Cc3cccc(SN=C(N)N)c3)CS[C@H]12)c1nc(N)sc1Cl. The Kier molecular flexibility index (Phi) is 9.04. The molecule has 0 unspecified atom stereocenters. The maximum atomic E-state index is 13.3. The van der Waals surface area contributed by atoms with E-state index in [9.17, 15) is 19.5 Å². The van der Waals surface area contributed by atoms with Crippen molar-refractivity contribution in [3.8, 4) is 0 Å². The first-order valence-electron chi connectivity index (χ1n) is 13.7. The number of carbonyl (C=O) groups is 3. The minimum Gasteiger partial charge on any atom is -0.477 e. The number of thiazole rings is 1. The van der Waals surface area contributed by atoms with Gasteiger partial charge in [-0.05, 0) is 23.3 Å². The number of thioether (sulfide) groups is 1. The van der Waals surface area contributed by atoms with Gasteiger partial charge in [0.25, 0.3) is 11.8 Å². The van der Waals surface area contributed by atoms with Gasteiger partial charge in [0.05, 0.1) is 18.8 Å². The van der Waals surface area contributed by atoms with Crippen LogP contribution in [-0.2, 0) is 32.3 Å². The molecule has 0 bridgehead atoms. The Morgan fingerprint density at radius 2 is 2.11 bits per heavy atom. The predicted octanol–water partition coefficient (Wildman–Crippen LogP) is 0.839. The van der Waals surface area contributed by atoms with Gasteiger partial charge >= 0.3 is 11.6 Å². The third-order valence-corrected chi connectivity index (χ3v) is 10.4. The molecular weight excluding hydrogens is 690 g/mol. The zero-order chi connectivity index (χ0) is 33.4. The lowest BCUT2D eigenvalue weighted by Crippen LogP contribution is -2.71. The van der Waals surface area contributed by atoms with Crippen LogP contribution in [0.15, 0.2) is 74.6 Å². The van der Waals surface area contributed by atoms with Crippen molar-refractivity contribution in [1.29, 1.82) is 0 Å². The van der Waals surface area contributed by atoms with E-state index in [1.165, 1.54) is 35.7 Å². The number of carbonyl (C=O) groups excluding carboxylic acids is 2. The van der Waals surface area contributed by atoms with E-state index in [-0.39, 0.29) is 39.1 Å². The lowest BCUT2D eigenvalue weighted by Gasteiger charge is -2.49. The summed E-state index contributed by atoms with van der Waals surface area (Å²) in [5.41, 5.74) is 18.7. The number of anilines is 1. The Balaban J connectivity index is 1.18. The third-order valence-electron chi connectivity index (χ3n) is 7.21. The summed E-state index contributed by atoms with van der Waals surface area (Å²) in [5.74, 6) is -2.26. The van der Waals surface area contributed by atoms with Gasteiger partial charge in [0, 0.05) is 22.6 Å². The second kappa shape index (κ2) is 13.2. The van der Waals surface area contributed by atoms with E-state index < -0.39 is 29.2 Å². The van der Waals surface area contributed by atoms with Crippen LogP contribution >= 0.6 is 46.6 Å². The van der Waals surface area contributed by atoms with E-state index >= 15 is 0 Å². The predicted molar refractivity (Wildman–Crippen MR) is 178 cm³/mol. The molecule has 2 aliphatic heterocycles. The summed E-state index contributed by atoms with van der Waals surface area (Å²) in [5, 5.41) is 16.0. The van der Waals surface area contributed by atoms with Crippen molar-refractivity contribution in [2.45, 2.75) is 29.4 Å². The maximum absolute atomic E-state index is 13.3. The first kappa shape index (κ1) is 32.2. The number of rotatable bonds is 11. The molecule has 2 aliphatic rings. The molecule has 0 saturated carbocycles. The van der Waals surface area contributed by atoms with Crippen LogP contribution in [0.1, 0.15) is 11.3 Å². The molecule has 0 radical (unpaired) electrons. The van der Waals surface area contributed by atoms with E-state index in [0.717, 1.165) is 27.4 Å². The van der Waals surface area contributed by atoms with Crippen LogP contribution < -0.4 is 27.1 Å². The van der Waals surface area contributed by atoms with E-state index in [0.29, 0.717) is 17.9 Å². The molecule has 8 N–H and O–H groups in total. The number of aromatic nitrogens is 4. The smallest absolute Gasteiger partial charge is 0.352 e. The summed E-state index contributed by atoms with van der Waals surface area (Å²) in [7, 11) is 1.25. The van der Waals surface area contributed by atoms with Crippen molar-refractivity contribution in [3.05, 3.63) is 75.8 Å². The molecule has 1 saturated heterocycles. The van der Waals surface area contributed by atoms with E-state index in [1.807, 2.05) is 58.1 Å². The van der Waals surface area contributed by atoms with Gasteiger partial charge in [0.1, 0.15) is 47.0 Å². The fourth-order valence-corrected chi connectivity index (χ4v) is 8.08. The largest absolute Gasteiger partial charge is 0.477 e. The molecule has 6 rings (SSSR count). The first-order valence-corrected chi connectivity index (χ1v) is 16.7. The molecule has 1 aromatic carbocycles. The highest BCUT2D eigenvalue weighted by molar-refractivity contribution is 8.00. The van der Waals surface area contributed by atoms with Crippen molar-refractivity contribution in [1.82, 2.24) is 24.4 Å². The second-order valence-electron chi connectivity index (χ2n) is 10.2. The van der Waals surface area contributed by atoms with Crippen LogP contribution in [0.5, 0.6) is 0 Å². The second-order valence-corrected chi connectivity index (χ2v) is 13.8. The number of carboxylic acids is 1. The number of β-lactam (4-membered cyclic amide) rings is 1. The van der Waals surface area contributed by atoms with Crippen molar-refractivity contribution in [2.75, 3.05) is 18.6 Å². The molecule has 3 aromatic heterocycles. The molecule has 2 atom stereocenters. The van der Waals surface area contributed by atoms with Gasteiger partial charge in [-0.1, -0.05) is 40.2 Å². The van der Waals surface area contributed by atoms with Crippen LogP contribution in [0, 0.1) is 0 Å². The number of fused-ring (bicyclic) bond motifs is 2. The lowest BCUT2D eigenvalue weighted by molar-refractivity contribution is -0.661. The number of nitrogens with two attached hydrogens (primary N) is 3. The fourth-order valence-electron chi connectivity index (χ4n) is 5.26. The molecule has 0 spiro atoms. The summed E-state index contributed by atoms with van der Waals surface area (Å²) in [6, 6.07) is 8.77. The number of aliphatic carboxylic acids is 1. The topological polar surface area (TPSA) is 225 Å². The Bertz CT molecular complexity index is 2000. The summed E-state index contributed by atoms with van der Waals surface area (Å²) in [4.78, 5) is 49.9. The molecule has 20 heteroatoms. The molecule has 0 aliphatic carbocycles. The zero-order valence-electron chi connectivity index (χ0n) is 24.4. The molecule has 47 heavy (non-hydrogen) atoms. The van der Waals surface area contributed by atoms with Crippen LogP contribution in [0.3, 0.4) is 0 Å². The molecule has 5 heterocycles. The van der Waals surface area contributed by atoms with Crippen molar-refractivity contribution in [3.63, 3.8) is 0 Å². The van der Waals surface area contributed by atoms with Crippen molar-refractivity contribution in [2.24, 2.45) is 21.0 Å². The van der Waals surface area contributed by atoms with Gasteiger partial charge in [-0.25, -0.2) is 19.0 Å². The van der Waals surface area contributed by atoms with Crippen LogP contribution in [-0.4, -0.2) is 77.9 Å². The van der Waals surface area contributed by atoms with Gasteiger partial charge in [-0.2, -0.15) is 4.40 Å². The lowest BCUT2D eigenvalue weighted by atomic mass is 10.0. The quantitative estimate of drug-likeness (QED) is 0.0365. The summed E-state index contributed by atoms with van der Waals surface area (Å²) in [6.07, 6.45) is 5.67. The molecule has 1 fully saturated rings. The number of carboxylic acid groups (broad SMARTS) is 1. The Hall–Kier alpha value is -4.72. The molecule has 244 valence electrons. The van der Waals surface area contributed by atoms with Gasteiger partial charge in [-0.3, -0.25) is 14.5 Å². The number of benzene rings is 1. The number of amides is 2. The Morgan fingerprint density at radius 3 is 2.81 bits per heavy atom. The third kappa shape index (κ3) is 6.33. The number of nitrogens with zero attached hydrogens (tertiary/aromatic N) is 7. The number of hydrogen-bond donors (Lipinski definition) is 5. The average Bonchev–Trinajstić information content (AvgIpc) is 3.72. The van der Waals surface area contributed by atoms with Gasteiger partial charge in [-0.15, -0.1) is 16.3 Å². The number of halogens is 1. The summed E-state index contributed by atoms with van der Waals surface area (Å²) < 4.78 is 9.95. The number of guanidine groups is 1. The van der Waals surface area contributed by atoms with Crippen molar-refractivity contribution >= 4 is 86.9 Å². The highest BCUT2D eigenvalue weighted by atomic mass is 35.5. The average molecular weight is 717 g/mol. The highest BCUT2D eigenvalue weighted by Crippen LogP contribution is 2.41. The van der Waals surface area contributed by atoms with E-state index in [1.54, 1.807) is 0 Å². The summed E-state index contributed by atoms with van der Waals surface area (Å²) in [6.45, 7) is 0.797. The van der Waals surface area contributed by atoms with Crippen LogP contribution in [0.2, 0.25) is 4.34 Å². The Labute approximate surface area is 284 Å².